The average molecular weight is 240 g/mol. The minimum absolute atomic E-state index is 0.111. The van der Waals surface area contributed by atoms with Crippen LogP contribution in [0.4, 0.5) is 0 Å². The molecule has 3 rings (SSSR count). The van der Waals surface area contributed by atoms with Gasteiger partial charge in [-0.05, 0) is 12.8 Å². The molecule has 1 fully saturated rings. The Balaban J connectivity index is 1.85. The van der Waals surface area contributed by atoms with E-state index in [-0.39, 0.29) is 17.9 Å². The highest BCUT2D eigenvalue weighted by atomic mass is 16.5. The molecule has 7 nitrogen and oxygen atoms in total. The van der Waals surface area contributed by atoms with Crippen LogP contribution >= 0.6 is 0 Å². The lowest BCUT2D eigenvalue weighted by molar-refractivity contribution is 0.366. The number of rotatable bonds is 3. The third-order valence-corrected chi connectivity index (χ3v) is 2.78. The molecule has 0 atom stereocenters. The molecule has 1 aliphatic rings. The van der Waals surface area contributed by atoms with E-state index < -0.39 is 0 Å². The summed E-state index contributed by atoms with van der Waals surface area (Å²) in [5, 5.41) is 21.6. The third kappa shape index (κ3) is 1.72. The van der Waals surface area contributed by atoms with Gasteiger partial charge < -0.3 is 9.09 Å². The molecule has 88 valence electrons. The van der Waals surface area contributed by atoms with Gasteiger partial charge in [0.05, 0.1) is 6.33 Å². The Morgan fingerprint density at radius 1 is 1.39 bits per heavy atom. The summed E-state index contributed by atoms with van der Waals surface area (Å²) in [6.45, 7) is 0.261. The molecule has 18 heavy (non-hydrogen) atoms. The van der Waals surface area contributed by atoms with Crippen LogP contribution in [-0.2, 0) is 6.54 Å². The predicted molar refractivity (Wildman–Crippen MR) is 57.0 cm³/mol. The lowest BCUT2D eigenvalue weighted by atomic mass is 10.3. The third-order valence-electron chi connectivity index (χ3n) is 2.78. The topological polar surface area (TPSA) is 104 Å². The Morgan fingerprint density at radius 2 is 2.22 bits per heavy atom. The summed E-state index contributed by atoms with van der Waals surface area (Å²) in [6, 6.07) is 3.81. The normalized spacial score (nSPS) is 14.1. The van der Waals surface area contributed by atoms with E-state index in [0.29, 0.717) is 11.8 Å². The van der Waals surface area contributed by atoms with Crippen molar-refractivity contribution >= 4 is 0 Å². The molecule has 0 aliphatic heterocycles. The number of aromatic nitrogens is 4. The SMILES string of the molecule is N#Cc1ncn(Cc2nc(C3CC3)no2)c1C#N. The maximum Gasteiger partial charge on any atom is 0.246 e. The second kappa shape index (κ2) is 3.97. The number of hydrogen-bond acceptors (Lipinski definition) is 6. The molecular formula is C11H8N6O. The van der Waals surface area contributed by atoms with Crippen LogP contribution in [0.25, 0.3) is 0 Å². The van der Waals surface area contributed by atoms with E-state index in [0.717, 1.165) is 18.7 Å². The molecule has 2 aromatic rings. The van der Waals surface area contributed by atoms with Crippen LogP contribution in [0.15, 0.2) is 10.9 Å². The highest BCUT2D eigenvalue weighted by Gasteiger charge is 2.28. The second-order valence-corrected chi connectivity index (χ2v) is 4.11. The molecule has 7 heteroatoms. The first kappa shape index (κ1) is 10.5. The Labute approximate surface area is 102 Å². The fourth-order valence-electron chi connectivity index (χ4n) is 1.69. The van der Waals surface area contributed by atoms with Crippen LogP contribution < -0.4 is 0 Å². The molecule has 0 unspecified atom stereocenters. The van der Waals surface area contributed by atoms with Gasteiger partial charge in [-0.15, -0.1) is 0 Å². The van der Waals surface area contributed by atoms with Crippen molar-refractivity contribution in [2.75, 3.05) is 0 Å². The first-order valence-electron chi connectivity index (χ1n) is 5.49. The zero-order valence-electron chi connectivity index (χ0n) is 9.37. The number of hydrogen-bond donors (Lipinski definition) is 0. The highest BCUT2D eigenvalue weighted by Crippen LogP contribution is 2.38. The van der Waals surface area contributed by atoms with Gasteiger partial charge in [0.25, 0.3) is 0 Å². The van der Waals surface area contributed by atoms with Gasteiger partial charge in [-0.25, -0.2) is 4.98 Å². The van der Waals surface area contributed by atoms with Crippen LogP contribution in [-0.4, -0.2) is 19.7 Å². The molecule has 0 radical (unpaired) electrons. The van der Waals surface area contributed by atoms with Crippen LogP contribution in [0.2, 0.25) is 0 Å². The maximum absolute atomic E-state index is 8.97. The summed E-state index contributed by atoms with van der Waals surface area (Å²) in [7, 11) is 0. The summed E-state index contributed by atoms with van der Waals surface area (Å²) in [5.74, 6) is 1.58. The van der Waals surface area contributed by atoms with Crippen molar-refractivity contribution in [3.8, 4) is 12.1 Å². The van der Waals surface area contributed by atoms with Gasteiger partial charge in [-0.1, -0.05) is 5.16 Å². The minimum Gasteiger partial charge on any atom is -0.337 e. The Morgan fingerprint density at radius 3 is 2.89 bits per heavy atom. The molecule has 1 saturated carbocycles. The summed E-state index contributed by atoms with van der Waals surface area (Å²) < 4.78 is 6.64. The van der Waals surface area contributed by atoms with Crippen LogP contribution in [0.3, 0.4) is 0 Å². The van der Waals surface area contributed by atoms with Gasteiger partial charge in [-0.3, -0.25) is 0 Å². The number of imidazole rings is 1. The number of nitriles is 2. The van der Waals surface area contributed by atoms with Crippen LogP contribution in [0.1, 0.15) is 41.9 Å². The van der Waals surface area contributed by atoms with Gasteiger partial charge in [-0.2, -0.15) is 15.5 Å². The monoisotopic (exact) mass is 240 g/mol. The summed E-state index contributed by atoms with van der Waals surface area (Å²) in [5.41, 5.74) is 0.322. The average Bonchev–Trinajstić information content (AvgIpc) is 3.01. The molecule has 0 saturated heterocycles. The quantitative estimate of drug-likeness (QED) is 0.790. The van der Waals surface area contributed by atoms with E-state index in [1.165, 1.54) is 10.9 Å². The van der Waals surface area contributed by atoms with Gasteiger partial charge >= 0.3 is 0 Å². The van der Waals surface area contributed by atoms with E-state index in [4.69, 9.17) is 15.0 Å². The lowest BCUT2D eigenvalue weighted by Gasteiger charge is -1.97. The van der Waals surface area contributed by atoms with Crippen molar-refractivity contribution in [3.63, 3.8) is 0 Å². The van der Waals surface area contributed by atoms with Crippen molar-refractivity contribution in [1.29, 1.82) is 10.5 Å². The largest absolute Gasteiger partial charge is 0.337 e. The molecule has 0 bridgehead atoms. The Hall–Kier alpha value is -2.67. The fourth-order valence-corrected chi connectivity index (χ4v) is 1.69. The first-order valence-corrected chi connectivity index (χ1v) is 5.49. The van der Waals surface area contributed by atoms with Crippen molar-refractivity contribution in [2.24, 2.45) is 0 Å². The number of nitrogens with zero attached hydrogens (tertiary/aromatic N) is 6. The zero-order chi connectivity index (χ0) is 12.5. The van der Waals surface area contributed by atoms with E-state index in [2.05, 4.69) is 15.1 Å². The Bertz CT molecular complexity index is 667. The molecule has 0 aromatic carbocycles. The van der Waals surface area contributed by atoms with Crippen molar-refractivity contribution in [3.05, 3.63) is 29.4 Å². The standard InChI is InChI=1S/C11H8N6O/c12-3-8-9(4-13)17(6-14-8)5-10-15-11(16-18-10)7-1-2-7/h6-7H,1-2,5H2. The van der Waals surface area contributed by atoms with E-state index in [1.54, 1.807) is 0 Å². The summed E-state index contributed by atoms with van der Waals surface area (Å²) in [6.07, 6.45) is 3.64. The summed E-state index contributed by atoms with van der Waals surface area (Å²) in [4.78, 5) is 8.10. The molecule has 2 aromatic heterocycles. The summed E-state index contributed by atoms with van der Waals surface area (Å²) >= 11 is 0. The fraction of sp³-hybridized carbons (Fsp3) is 0.364. The van der Waals surface area contributed by atoms with Gasteiger partial charge in [0.1, 0.15) is 18.7 Å². The first-order chi connectivity index (χ1) is 8.81. The molecule has 0 spiro atoms. The molecular weight excluding hydrogens is 232 g/mol. The molecule has 2 heterocycles. The van der Waals surface area contributed by atoms with Gasteiger partial charge in [0.15, 0.2) is 17.2 Å². The highest BCUT2D eigenvalue weighted by molar-refractivity contribution is 5.36. The van der Waals surface area contributed by atoms with Crippen LogP contribution in [0.5, 0.6) is 0 Å². The predicted octanol–water partition coefficient (Wildman–Crippen LogP) is 0.935. The van der Waals surface area contributed by atoms with E-state index in [9.17, 15) is 0 Å². The smallest absolute Gasteiger partial charge is 0.246 e. The Kier molecular flexibility index (Phi) is 2.31. The van der Waals surface area contributed by atoms with Crippen molar-refractivity contribution in [2.45, 2.75) is 25.3 Å². The van der Waals surface area contributed by atoms with Crippen molar-refractivity contribution < 1.29 is 4.52 Å². The van der Waals surface area contributed by atoms with Crippen molar-refractivity contribution in [1.82, 2.24) is 19.7 Å². The second-order valence-electron chi connectivity index (χ2n) is 4.11. The minimum atomic E-state index is 0.111. The lowest BCUT2D eigenvalue weighted by Crippen LogP contribution is -2.02. The van der Waals surface area contributed by atoms with Gasteiger partial charge in [0, 0.05) is 5.92 Å². The van der Waals surface area contributed by atoms with E-state index in [1.807, 2.05) is 12.1 Å². The van der Waals surface area contributed by atoms with Crippen LogP contribution in [0, 0.1) is 22.7 Å². The maximum atomic E-state index is 8.97. The molecule has 0 amide bonds. The van der Waals surface area contributed by atoms with E-state index >= 15 is 0 Å². The molecule has 1 aliphatic carbocycles. The molecule has 0 N–H and O–H groups in total. The zero-order valence-corrected chi connectivity index (χ0v) is 9.37. The van der Waals surface area contributed by atoms with Gasteiger partial charge in [0.2, 0.25) is 5.89 Å².